The molecule has 0 aliphatic carbocycles. The Morgan fingerprint density at radius 1 is 1.33 bits per heavy atom. The van der Waals surface area contributed by atoms with Crippen LogP contribution in [0.15, 0.2) is 18.2 Å². The van der Waals surface area contributed by atoms with Crippen molar-refractivity contribution in [2.75, 3.05) is 19.0 Å². The van der Waals surface area contributed by atoms with Gasteiger partial charge in [0.05, 0.1) is 5.69 Å². The van der Waals surface area contributed by atoms with Crippen LogP contribution in [0.1, 0.15) is 33.3 Å². The maximum atomic E-state index is 11.7. The van der Waals surface area contributed by atoms with E-state index in [0.29, 0.717) is 0 Å². The van der Waals surface area contributed by atoms with Crippen molar-refractivity contribution in [1.29, 1.82) is 0 Å². The third-order valence-electron chi connectivity index (χ3n) is 3.08. The molecule has 0 saturated heterocycles. The van der Waals surface area contributed by atoms with Gasteiger partial charge in [-0.05, 0) is 45.4 Å². The van der Waals surface area contributed by atoms with Crippen LogP contribution in [0.25, 0.3) is 0 Å². The number of hydrogen-bond acceptors (Lipinski definition) is 5. The molecule has 1 rings (SSSR count). The van der Waals surface area contributed by atoms with E-state index in [4.69, 9.17) is 15.2 Å². The molecule has 0 radical (unpaired) electrons. The third-order valence-corrected chi connectivity index (χ3v) is 3.08. The number of carbonyl (C=O) groups excluding carboxylic acids is 1. The van der Waals surface area contributed by atoms with Crippen molar-refractivity contribution in [2.45, 2.75) is 38.9 Å². The molecule has 0 saturated carbocycles. The largest absolute Gasteiger partial charge is 0.506 e. The van der Waals surface area contributed by atoms with Crippen LogP contribution in [0.4, 0.5) is 10.5 Å². The molecule has 0 spiro atoms. The van der Waals surface area contributed by atoms with Gasteiger partial charge in [0, 0.05) is 13.7 Å². The Morgan fingerprint density at radius 3 is 2.38 bits per heavy atom. The van der Waals surface area contributed by atoms with Gasteiger partial charge < -0.3 is 20.3 Å². The molecule has 6 nitrogen and oxygen atoms in total. The fourth-order valence-electron chi connectivity index (χ4n) is 1.70. The van der Waals surface area contributed by atoms with E-state index in [1.807, 2.05) is 6.92 Å². The second kappa shape index (κ2) is 6.32. The number of amides is 1. The molecular formula is C15H24N2O4. The lowest BCUT2D eigenvalue weighted by Crippen LogP contribution is -2.33. The number of hydrogen-bond donors (Lipinski definition) is 3. The van der Waals surface area contributed by atoms with Gasteiger partial charge in [0.15, 0.2) is 0 Å². The third kappa shape index (κ3) is 4.61. The molecule has 1 amide bonds. The number of phenolic OH excluding ortho intramolecular Hbond substituents is 1. The van der Waals surface area contributed by atoms with E-state index in [1.54, 1.807) is 40.0 Å². The standard InChI is InChI=1S/C15H24N2O4/c1-14(2,3)21-13(19)17-11-7-6-10(8-12(11)18)15(4,9-16)20-5/h6-8,18H,9,16H2,1-5H3,(H,17,19). The SMILES string of the molecule is COC(C)(CN)c1ccc(NC(=O)OC(C)(C)C)c(O)c1. The van der Waals surface area contributed by atoms with Crippen LogP contribution < -0.4 is 11.1 Å². The maximum absolute atomic E-state index is 11.7. The van der Waals surface area contributed by atoms with Crippen molar-refractivity contribution < 1.29 is 19.4 Å². The zero-order valence-electron chi connectivity index (χ0n) is 13.2. The summed E-state index contributed by atoms with van der Waals surface area (Å²) in [4.78, 5) is 11.7. The molecule has 0 bridgehead atoms. The Morgan fingerprint density at radius 2 is 1.95 bits per heavy atom. The van der Waals surface area contributed by atoms with Gasteiger partial charge in [-0.1, -0.05) is 6.07 Å². The van der Waals surface area contributed by atoms with E-state index in [2.05, 4.69) is 5.32 Å². The van der Waals surface area contributed by atoms with Gasteiger partial charge in [0.1, 0.15) is 17.0 Å². The van der Waals surface area contributed by atoms with E-state index in [9.17, 15) is 9.90 Å². The molecule has 1 atom stereocenters. The quantitative estimate of drug-likeness (QED) is 0.742. The lowest BCUT2D eigenvalue weighted by Gasteiger charge is -2.27. The number of carbonyl (C=O) groups is 1. The van der Waals surface area contributed by atoms with Crippen LogP contribution in [0.3, 0.4) is 0 Å². The van der Waals surface area contributed by atoms with Gasteiger partial charge in [-0.25, -0.2) is 4.79 Å². The number of rotatable bonds is 4. The number of benzene rings is 1. The summed E-state index contributed by atoms with van der Waals surface area (Å²) in [5.74, 6) is -0.0740. The molecule has 0 fully saturated rings. The Labute approximate surface area is 125 Å². The number of nitrogens with two attached hydrogens (primary N) is 1. The van der Waals surface area contributed by atoms with E-state index in [1.165, 1.54) is 6.07 Å². The summed E-state index contributed by atoms with van der Waals surface area (Å²) < 4.78 is 10.5. The van der Waals surface area contributed by atoms with Crippen molar-refractivity contribution in [3.63, 3.8) is 0 Å². The molecule has 4 N–H and O–H groups in total. The normalized spacial score (nSPS) is 14.4. The van der Waals surface area contributed by atoms with Gasteiger partial charge in [0.2, 0.25) is 0 Å². The van der Waals surface area contributed by atoms with E-state index < -0.39 is 17.3 Å². The highest BCUT2D eigenvalue weighted by Gasteiger charge is 2.25. The Balaban J connectivity index is 2.91. The minimum Gasteiger partial charge on any atom is -0.506 e. The van der Waals surface area contributed by atoms with E-state index in [-0.39, 0.29) is 18.0 Å². The zero-order chi connectivity index (χ0) is 16.3. The second-order valence-corrected chi connectivity index (χ2v) is 6.00. The van der Waals surface area contributed by atoms with Gasteiger partial charge in [-0.3, -0.25) is 5.32 Å². The topological polar surface area (TPSA) is 93.8 Å². The van der Waals surface area contributed by atoms with E-state index >= 15 is 0 Å². The highest BCUT2D eigenvalue weighted by Crippen LogP contribution is 2.31. The lowest BCUT2D eigenvalue weighted by atomic mass is 9.95. The lowest BCUT2D eigenvalue weighted by molar-refractivity contribution is 0.00994. The van der Waals surface area contributed by atoms with Crippen LogP contribution in [-0.4, -0.2) is 30.5 Å². The molecule has 1 unspecified atom stereocenters. The predicted octanol–water partition coefficient (Wildman–Crippen LogP) is 2.56. The summed E-state index contributed by atoms with van der Waals surface area (Å²) in [6.45, 7) is 7.38. The summed E-state index contributed by atoms with van der Waals surface area (Å²) in [5, 5.41) is 12.5. The fourth-order valence-corrected chi connectivity index (χ4v) is 1.70. The van der Waals surface area contributed by atoms with Crippen LogP contribution in [0, 0.1) is 0 Å². The molecule has 1 aromatic rings. The average Bonchev–Trinajstić information content (AvgIpc) is 2.38. The van der Waals surface area contributed by atoms with Crippen molar-refractivity contribution in [2.24, 2.45) is 5.73 Å². The number of aromatic hydroxyl groups is 1. The number of methoxy groups -OCH3 is 1. The maximum Gasteiger partial charge on any atom is 0.412 e. The first-order valence-electron chi connectivity index (χ1n) is 6.70. The minimum atomic E-state index is -0.693. The highest BCUT2D eigenvalue weighted by atomic mass is 16.6. The van der Waals surface area contributed by atoms with Crippen molar-refractivity contribution in [1.82, 2.24) is 0 Å². The van der Waals surface area contributed by atoms with E-state index in [0.717, 1.165) is 5.56 Å². The fraction of sp³-hybridized carbons (Fsp3) is 0.533. The molecule has 21 heavy (non-hydrogen) atoms. The molecule has 0 heterocycles. The van der Waals surface area contributed by atoms with Gasteiger partial charge >= 0.3 is 6.09 Å². The predicted molar refractivity (Wildman–Crippen MR) is 81.4 cm³/mol. The second-order valence-electron chi connectivity index (χ2n) is 6.00. The summed E-state index contributed by atoms with van der Waals surface area (Å²) in [5.41, 5.74) is 5.38. The summed E-state index contributed by atoms with van der Waals surface area (Å²) in [6, 6.07) is 4.84. The first-order chi connectivity index (χ1) is 9.61. The number of ether oxygens (including phenoxy) is 2. The van der Waals surface area contributed by atoms with Gasteiger partial charge in [-0.2, -0.15) is 0 Å². The van der Waals surface area contributed by atoms with Crippen molar-refractivity contribution in [3.05, 3.63) is 23.8 Å². The van der Waals surface area contributed by atoms with Crippen LogP contribution >= 0.6 is 0 Å². The first kappa shape index (κ1) is 17.3. The molecular weight excluding hydrogens is 272 g/mol. The van der Waals surface area contributed by atoms with Gasteiger partial charge in [0.25, 0.3) is 0 Å². The summed E-state index contributed by atoms with van der Waals surface area (Å²) in [6.07, 6.45) is -0.626. The smallest absolute Gasteiger partial charge is 0.412 e. The molecule has 0 aliphatic rings. The summed E-state index contributed by atoms with van der Waals surface area (Å²) >= 11 is 0. The molecule has 6 heteroatoms. The van der Waals surface area contributed by atoms with Crippen molar-refractivity contribution in [3.8, 4) is 5.75 Å². The average molecular weight is 296 g/mol. The molecule has 0 aliphatic heterocycles. The monoisotopic (exact) mass is 296 g/mol. The zero-order valence-corrected chi connectivity index (χ0v) is 13.2. The Hall–Kier alpha value is -1.79. The Kier molecular flexibility index (Phi) is 5.20. The van der Waals surface area contributed by atoms with Crippen LogP contribution in [0.2, 0.25) is 0 Å². The number of nitrogens with one attached hydrogen (secondary N) is 1. The number of phenols is 1. The highest BCUT2D eigenvalue weighted by molar-refractivity contribution is 5.86. The van der Waals surface area contributed by atoms with Crippen LogP contribution in [0.5, 0.6) is 5.75 Å². The molecule has 0 aromatic heterocycles. The molecule has 1 aromatic carbocycles. The Bertz CT molecular complexity index is 505. The molecule has 118 valence electrons. The van der Waals surface area contributed by atoms with Crippen molar-refractivity contribution >= 4 is 11.8 Å². The number of anilines is 1. The van der Waals surface area contributed by atoms with Crippen LogP contribution in [-0.2, 0) is 15.1 Å². The summed E-state index contributed by atoms with van der Waals surface area (Å²) in [7, 11) is 1.55. The van der Waals surface area contributed by atoms with Gasteiger partial charge in [-0.15, -0.1) is 0 Å². The minimum absolute atomic E-state index is 0.0740. The first-order valence-corrected chi connectivity index (χ1v) is 6.70.